The number of piperidine rings is 1. The van der Waals surface area contributed by atoms with Crippen LogP contribution in [0.4, 0.5) is 16.2 Å². The van der Waals surface area contributed by atoms with Crippen molar-refractivity contribution in [1.82, 2.24) is 4.90 Å². The van der Waals surface area contributed by atoms with E-state index in [0.717, 1.165) is 18.2 Å². The van der Waals surface area contributed by atoms with Crippen molar-refractivity contribution in [2.75, 3.05) is 36.5 Å². The maximum absolute atomic E-state index is 12.7. The quantitative estimate of drug-likeness (QED) is 0.552. The number of anilines is 2. The fraction of sp³-hybridized carbons (Fsp3) is 0.500. The lowest BCUT2D eigenvalue weighted by molar-refractivity contribution is -0.153. The van der Waals surface area contributed by atoms with E-state index < -0.39 is 11.4 Å². The molecule has 0 bridgehead atoms. The number of likely N-dealkylation sites (tertiary alicyclic amines) is 1. The monoisotopic (exact) mass is 505 g/mol. The first-order valence-corrected chi connectivity index (χ1v) is 13.5. The van der Waals surface area contributed by atoms with Gasteiger partial charge in [0, 0.05) is 50.5 Å². The molecule has 1 saturated carbocycles. The third-order valence-corrected chi connectivity index (χ3v) is 8.32. The molecule has 0 unspecified atom stereocenters. The average Bonchev–Trinajstić information content (AvgIpc) is 3.38. The van der Waals surface area contributed by atoms with E-state index in [1.807, 2.05) is 24.3 Å². The van der Waals surface area contributed by atoms with Gasteiger partial charge in [-0.05, 0) is 55.9 Å². The highest BCUT2D eigenvalue weighted by molar-refractivity contribution is 5.94. The number of nitrogens with zero attached hydrogens (tertiary/aromatic N) is 3. The van der Waals surface area contributed by atoms with Crippen LogP contribution in [0, 0.1) is 5.41 Å². The van der Waals surface area contributed by atoms with Gasteiger partial charge in [-0.25, -0.2) is 4.79 Å². The summed E-state index contributed by atoms with van der Waals surface area (Å²) in [4.78, 5) is 40.9. The maximum atomic E-state index is 12.7. The van der Waals surface area contributed by atoms with Crippen molar-refractivity contribution in [3.63, 3.8) is 0 Å². The minimum atomic E-state index is -1.01. The predicted molar refractivity (Wildman–Crippen MR) is 146 cm³/mol. The number of carbonyl (C=O) groups is 3. The number of aldehydes is 1. The van der Waals surface area contributed by atoms with E-state index in [4.69, 9.17) is 0 Å². The lowest BCUT2D eigenvalue weighted by Crippen LogP contribution is -2.50. The van der Waals surface area contributed by atoms with Crippen molar-refractivity contribution in [2.24, 2.45) is 5.41 Å². The van der Waals surface area contributed by atoms with Gasteiger partial charge >= 0.3 is 12.0 Å². The van der Waals surface area contributed by atoms with E-state index in [-0.39, 0.29) is 12.5 Å². The van der Waals surface area contributed by atoms with Crippen LogP contribution in [0.1, 0.15) is 56.9 Å². The Morgan fingerprint density at radius 2 is 1.62 bits per heavy atom. The van der Waals surface area contributed by atoms with Crippen molar-refractivity contribution in [3.8, 4) is 0 Å². The zero-order valence-electron chi connectivity index (χ0n) is 21.8. The van der Waals surface area contributed by atoms with Crippen LogP contribution in [0.3, 0.4) is 0 Å². The number of benzene rings is 2. The normalized spacial score (nSPS) is 18.8. The molecule has 2 aliphatic heterocycles. The van der Waals surface area contributed by atoms with E-state index in [0.29, 0.717) is 38.8 Å². The zero-order valence-corrected chi connectivity index (χ0v) is 21.8. The minimum Gasteiger partial charge on any atom is -0.481 e. The molecule has 7 nitrogen and oxygen atoms in total. The number of aliphatic carboxylic acids is 1. The lowest BCUT2D eigenvalue weighted by atomic mass is 9.76. The largest absolute Gasteiger partial charge is 0.481 e. The molecule has 5 rings (SSSR count). The summed E-state index contributed by atoms with van der Waals surface area (Å²) in [7, 11) is 2.23. The van der Waals surface area contributed by atoms with E-state index in [2.05, 4.69) is 42.3 Å². The summed E-state index contributed by atoms with van der Waals surface area (Å²) < 4.78 is 0. The first-order chi connectivity index (χ1) is 17.9. The molecule has 2 heterocycles. The molecule has 0 spiro atoms. The average molecular weight is 506 g/mol. The Hall–Kier alpha value is -3.35. The Morgan fingerprint density at radius 1 is 0.973 bits per heavy atom. The number of fused-ring (bicyclic) bond motifs is 1. The van der Waals surface area contributed by atoms with E-state index >= 15 is 0 Å². The van der Waals surface area contributed by atoms with Crippen LogP contribution in [0.25, 0.3) is 0 Å². The molecular weight excluding hydrogens is 466 g/mol. The number of urea groups is 1. The predicted octanol–water partition coefficient (Wildman–Crippen LogP) is 5.38. The minimum absolute atomic E-state index is 0.0108. The molecule has 1 aliphatic carbocycles. The van der Waals surface area contributed by atoms with E-state index in [9.17, 15) is 19.5 Å². The van der Waals surface area contributed by atoms with Crippen molar-refractivity contribution in [1.29, 1.82) is 0 Å². The molecule has 7 heteroatoms. The summed E-state index contributed by atoms with van der Waals surface area (Å²) in [6.07, 6.45) is 9.14. The molecule has 1 saturated heterocycles. The number of amides is 2. The Labute approximate surface area is 220 Å². The Balaban J connectivity index is 0.000000195. The molecule has 3 aliphatic rings. The molecular formula is C30H39N3O4. The standard InChI is InChI=1S/C17H20N2O4.C13H19N/c20-12-8-17(15(21)22)6-10-18(11-7-17)16(23)19-9-5-13-3-1-2-4-14(13)19;1-14(12-8-4-2-5-9-12)13-10-6-3-7-11-13/h1-4,12H,5-11H2,(H,21,22);2,4-5,8-9,13H,3,6-7,10-11H2,1H3. The first kappa shape index (κ1) is 26.7. The topological polar surface area (TPSA) is 81.2 Å². The number of carboxylic acid groups (broad SMARTS) is 1. The lowest BCUT2D eigenvalue weighted by Gasteiger charge is -2.39. The van der Waals surface area contributed by atoms with Gasteiger partial charge in [0.1, 0.15) is 6.29 Å². The third kappa shape index (κ3) is 6.14. The van der Waals surface area contributed by atoms with E-state index in [1.165, 1.54) is 43.4 Å². The highest BCUT2D eigenvalue weighted by atomic mass is 16.4. The number of rotatable bonds is 5. The van der Waals surface area contributed by atoms with Crippen LogP contribution >= 0.6 is 0 Å². The summed E-state index contributed by atoms with van der Waals surface area (Å²) in [5.74, 6) is -0.941. The second-order valence-electron chi connectivity index (χ2n) is 10.5. The Morgan fingerprint density at radius 3 is 2.27 bits per heavy atom. The molecule has 37 heavy (non-hydrogen) atoms. The van der Waals surface area contributed by atoms with Gasteiger partial charge in [-0.1, -0.05) is 55.7 Å². The third-order valence-electron chi connectivity index (χ3n) is 8.32. The van der Waals surface area contributed by atoms with Gasteiger partial charge in [-0.3, -0.25) is 9.69 Å². The molecule has 0 radical (unpaired) electrons. The number of hydrogen-bond donors (Lipinski definition) is 1. The molecule has 2 aromatic carbocycles. The number of carboxylic acids is 1. The van der Waals surface area contributed by atoms with Gasteiger partial charge in [-0.15, -0.1) is 0 Å². The van der Waals surface area contributed by atoms with Crippen LogP contribution in [0.2, 0.25) is 0 Å². The van der Waals surface area contributed by atoms with Crippen LogP contribution in [-0.2, 0) is 16.0 Å². The van der Waals surface area contributed by atoms with E-state index in [1.54, 1.807) is 9.80 Å². The summed E-state index contributed by atoms with van der Waals surface area (Å²) in [6, 6.07) is 19.3. The smallest absolute Gasteiger partial charge is 0.324 e. The highest BCUT2D eigenvalue weighted by Crippen LogP contribution is 2.36. The first-order valence-electron chi connectivity index (χ1n) is 13.5. The Kier molecular flexibility index (Phi) is 8.85. The summed E-state index contributed by atoms with van der Waals surface area (Å²) >= 11 is 0. The van der Waals surface area contributed by atoms with Crippen LogP contribution in [0.5, 0.6) is 0 Å². The Bertz CT molecular complexity index is 1060. The fourth-order valence-corrected chi connectivity index (χ4v) is 5.84. The summed E-state index contributed by atoms with van der Waals surface area (Å²) in [6.45, 7) is 1.41. The molecule has 1 N–H and O–H groups in total. The van der Waals surface area contributed by atoms with Gasteiger partial charge in [0.25, 0.3) is 0 Å². The highest BCUT2D eigenvalue weighted by Gasteiger charge is 2.43. The van der Waals surface area contributed by atoms with Crippen LogP contribution in [-0.4, -0.2) is 61.0 Å². The molecule has 0 atom stereocenters. The van der Waals surface area contributed by atoms with Crippen molar-refractivity contribution in [2.45, 2.75) is 63.8 Å². The van der Waals surface area contributed by atoms with Gasteiger partial charge in [-0.2, -0.15) is 0 Å². The SMILES string of the molecule is CN(c1ccccc1)C1CCCCC1.O=CCC1(C(=O)O)CCN(C(=O)N2CCc3ccccc32)CC1. The molecule has 0 aromatic heterocycles. The molecule has 2 fully saturated rings. The van der Waals surface area contributed by atoms with Gasteiger partial charge in [0.15, 0.2) is 0 Å². The van der Waals surface area contributed by atoms with Crippen molar-refractivity contribution < 1.29 is 19.5 Å². The molecule has 2 amide bonds. The summed E-state index contributed by atoms with van der Waals surface area (Å²) in [5, 5.41) is 9.41. The number of hydrogen-bond acceptors (Lipinski definition) is 4. The maximum Gasteiger partial charge on any atom is 0.324 e. The second kappa shape index (κ2) is 12.3. The summed E-state index contributed by atoms with van der Waals surface area (Å²) in [5.41, 5.74) is 2.46. The van der Waals surface area contributed by atoms with Crippen molar-refractivity contribution >= 4 is 29.7 Å². The van der Waals surface area contributed by atoms with Crippen molar-refractivity contribution in [3.05, 3.63) is 60.2 Å². The molecule has 198 valence electrons. The second-order valence-corrected chi connectivity index (χ2v) is 10.5. The van der Waals surface area contributed by atoms with Gasteiger partial charge < -0.3 is 19.7 Å². The van der Waals surface area contributed by atoms with Crippen LogP contribution < -0.4 is 9.80 Å². The molecule has 2 aromatic rings. The zero-order chi connectivity index (χ0) is 26.3. The number of para-hydroxylation sites is 2. The van der Waals surface area contributed by atoms with Gasteiger partial charge in [0.2, 0.25) is 0 Å². The van der Waals surface area contributed by atoms with Gasteiger partial charge in [0.05, 0.1) is 5.41 Å². The fourth-order valence-electron chi connectivity index (χ4n) is 5.84. The van der Waals surface area contributed by atoms with Crippen LogP contribution in [0.15, 0.2) is 54.6 Å². The number of carbonyl (C=O) groups excluding carboxylic acids is 2.